The van der Waals surface area contributed by atoms with Gasteiger partial charge in [-0.15, -0.1) is 0 Å². The Kier molecular flexibility index (Phi) is 6.76. The van der Waals surface area contributed by atoms with E-state index in [1.807, 2.05) is 37.3 Å². The molecule has 0 aliphatic carbocycles. The second-order valence-corrected chi connectivity index (χ2v) is 7.21. The molecule has 0 heterocycles. The van der Waals surface area contributed by atoms with Crippen LogP contribution in [-0.4, -0.2) is 26.0 Å². The summed E-state index contributed by atoms with van der Waals surface area (Å²) < 4.78 is 36.1. The molecule has 1 atom stereocenters. The highest BCUT2D eigenvalue weighted by molar-refractivity contribution is 7.85. The third kappa shape index (κ3) is 5.57. The van der Waals surface area contributed by atoms with Crippen LogP contribution in [0.3, 0.4) is 0 Å². The Morgan fingerprint density at radius 3 is 2.29 bits per heavy atom. The molecule has 1 unspecified atom stereocenters. The molecule has 8 nitrogen and oxygen atoms in total. The number of benzene rings is 2. The first kappa shape index (κ1) is 21.0. The molecule has 3 N–H and O–H groups in total. The molecule has 28 heavy (non-hydrogen) atoms. The lowest BCUT2D eigenvalue weighted by Crippen LogP contribution is -2.18. The fourth-order valence-corrected chi connectivity index (χ4v) is 2.73. The highest BCUT2D eigenvalue weighted by Crippen LogP contribution is 2.18. The molecule has 2 aromatic carbocycles. The van der Waals surface area contributed by atoms with Gasteiger partial charge >= 0.3 is 0 Å². The van der Waals surface area contributed by atoms with Gasteiger partial charge in [0, 0.05) is 17.9 Å². The summed E-state index contributed by atoms with van der Waals surface area (Å²) in [5.74, 6) is 0.0696. The van der Waals surface area contributed by atoms with Gasteiger partial charge in [0.05, 0.1) is 12.0 Å². The lowest BCUT2D eigenvalue weighted by atomic mass is 10.1. The first-order valence-corrected chi connectivity index (χ1v) is 9.57. The van der Waals surface area contributed by atoms with Crippen LogP contribution in [-0.2, 0) is 14.9 Å². The summed E-state index contributed by atoms with van der Waals surface area (Å²) in [6.07, 6.45) is 1.32. The Morgan fingerprint density at radius 2 is 1.79 bits per heavy atom. The third-order valence-corrected chi connectivity index (χ3v) is 4.74. The Morgan fingerprint density at radius 1 is 1.18 bits per heavy atom. The van der Waals surface area contributed by atoms with Crippen molar-refractivity contribution in [3.8, 4) is 11.8 Å². The van der Waals surface area contributed by atoms with Crippen molar-refractivity contribution in [1.29, 1.82) is 5.26 Å². The van der Waals surface area contributed by atoms with Crippen LogP contribution in [0, 0.1) is 11.3 Å². The van der Waals surface area contributed by atoms with Gasteiger partial charge in [-0.25, -0.2) is 0 Å². The Balaban J connectivity index is 2.04. The minimum Gasteiger partial charge on any atom is -0.497 e. The normalized spacial score (nSPS) is 12.6. The summed E-state index contributed by atoms with van der Waals surface area (Å²) >= 11 is 0. The van der Waals surface area contributed by atoms with Gasteiger partial charge in [-0.2, -0.15) is 13.7 Å². The van der Waals surface area contributed by atoms with Crippen LogP contribution >= 0.6 is 0 Å². The molecule has 1 amide bonds. The van der Waals surface area contributed by atoms with Crippen molar-refractivity contribution < 1.29 is 22.5 Å². The molecule has 2 aromatic rings. The molecule has 0 fully saturated rings. The van der Waals surface area contributed by atoms with Crippen LogP contribution in [0.15, 0.2) is 65.2 Å². The average molecular weight is 401 g/mol. The minimum absolute atomic E-state index is 0.154. The number of methoxy groups -OCH3 is 1. The first-order valence-electron chi connectivity index (χ1n) is 8.13. The molecule has 2 rings (SSSR count). The van der Waals surface area contributed by atoms with Crippen molar-refractivity contribution in [2.24, 2.45) is 0 Å². The average Bonchev–Trinajstić information content (AvgIpc) is 2.68. The van der Waals surface area contributed by atoms with Crippen molar-refractivity contribution in [2.75, 3.05) is 12.4 Å². The van der Waals surface area contributed by atoms with Gasteiger partial charge in [0.1, 0.15) is 17.4 Å². The molecule has 0 spiro atoms. The lowest BCUT2D eigenvalue weighted by Gasteiger charge is -2.13. The van der Waals surface area contributed by atoms with Gasteiger partial charge in [0.25, 0.3) is 16.0 Å². The highest BCUT2D eigenvalue weighted by atomic mass is 32.2. The number of carbonyl (C=O) groups is 1. The van der Waals surface area contributed by atoms with Crippen LogP contribution in [0.1, 0.15) is 18.5 Å². The SMILES string of the molecule is COc1ccc(C(C)N/C=C(/C#N)C(=O)Nc2ccc(S(=O)(=O)O)cc2)cc1. The summed E-state index contributed by atoms with van der Waals surface area (Å²) in [6, 6.07) is 13.9. The van der Waals surface area contributed by atoms with Crippen LogP contribution in [0.25, 0.3) is 0 Å². The van der Waals surface area contributed by atoms with Crippen LogP contribution in [0.5, 0.6) is 5.75 Å². The summed E-state index contributed by atoms with van der Waals surface area (Å²) in [7, 11) is -2.74. The summed E-state index contributed by atoms with van der Waals surface area (Å²) in [6.45, 7) is 1.87. The number of nitriles is 1. The van der Waals surface area contributed by atoms with Gasteiger partial charge < -0.3 is 15.4 Å². The van der Waals surface area contributed by atoms with E-state index in [2.05, 4.69) is 10.6 Å². The zero-order valence-corrected chi connectivity index (χ0v) is 16.0. The van der Waals surface area contributed by atoms with Crippen molar-refractivity contribution >= 4 is 21.7 Å². The molecule has 0 saturated heterocycles. The maximum Gasteiger partial charge on any atom is 0.294 e. The van der Waals surface area contributed by atoms with Gasteiger partial charge in [-0.3, -0.25) is 9.35 Å². The number of rotatable bonds is 7. The summed E-state index contributed by atoms with van der Waals surface area (Å²) in [4.78, 5) is 11.9. The molecular formula is C19H19N3O5S. The molecule has 0 radical (unpaired) electrons. The zero-order valence-electron chi connectivity index (χ0n) is 15.2. The van der Waals surface area contributed by atoms with E-state index in [1.54, 1.807) is 7.11 Å². The fraction of sp³-hybridized carbons (Fsp3) is 0.158. The quantitative estimate of drug-likeness (QED) is 0.369. The van der Waals surface area contributed by atoms with Crippen LogP contribution in [0.4, 0.5) is 5.69 Å². The summed E-state index contributed by atoms with van der Waals surface area (Å²) in [5.41, 5.74) is 1.07. The smallest absolute Gasteiger partial charge is 0.294 e. The predicted molar refractivity (Wildman–Crippen MR) is 103 cm³/mol. The van der Waals surface area contributed by atoms with Gasteiger partial charge in [0.15, 0.2) is 0 Å². The fourth-order valence-electron chi connectivity index (χ4n) is 2.25. The molecule has 0 aliphatic rings. The highest BCUT2D eigenvalue weighted by Gasteiger charge is 2.13. The Labute approximate surface area is 163 Å². The van der Waals surface area contributed by atoms with E-state index in [1.165, 1.54) is 18.3 Å². The van der Waals surface area contributed by atoms with Crippen molar-refractivity contribution in [3.63, 3.8) is 0 Å². The third-order valence-electron chi connectivity index (χ3n) is 3.87. The van der Waals surface area contributed by atoms with E-state index in [0.29, 0.717) is 0 Å². The maximum atomic E-state index is 12.2. The van der Waals surface area contributed by atoms with Gasteiger partial charge in [-0.05, 0) is 48.9 Å². The van der Waals surface area contributed by atoms with E-state index in [4.69, 9.17) is 9.29 Å². The van der Waals surface area contributed by atoms with E-state index < -0.39 is 16.0 Å². The molecule has 146 valence electrons. The Hall–Kier alpha value is -3.35. The molecule has 0 saturated carbocycles. The number of nitrogens with zero attached hydrogens (tertiary/aromatic N) is 1. The molecular weight excluding hydrogens is 382 g/mol. The molecule has 0 bridgehead atoms. The zero-order chi connectivity index (χ0) is 20.7. The van der Waals surface area contributed by atoms with Gasteiger partial charge in [-0.1, -0.05) is 12.1 Å². The number of hydrogen-bond donors (Lipinski definition) is 3. The predicted octanol–water partition coefficient (Wildman–Crippen LogP) is 2.64. The number of anilines is 1. The lowest BCUT2D eigenvalue weighted by molar-refractivity contribution is -0.112. The van der Waals surface area contributed by atoms with Crippen LogP contribution < -0.4 is 15.4 Å². The van der Waals surface area contributed by atoms with E-state index in [9.17, 15) is 18.5 Å². The number of carbonyl (C=O) groups excluding carboxylic acids is 1. The number of ether oxygens (including phenoxy) is 1. The van der Waals surface area contributed by atoms with Gasteiger partial charge in [0.2, 0.25) is 0 Å². The standard InChI is InChI=1S/C19H19N3O5S/c1-13(14-3-7-17(27-2)8-4-14)21-12-15(11-20)19(23)22-16-5-9-18(10-6-16)28(24,25)26/h3-10,12-13,21H,1-2H3,(H,22,23)(H,24,25,26)/b15-12-. The second-order valence-electron chi connectivity index (χ2n) is 5.78. The number of hydrogen-bond acceptors (Lipinski definition) is 6. The second kappa shape index (κ2) is 9.03. The monoisotopic (exact) mass is 401 g/mol. The van der Waals surface area contributed by atoms with Crippen LogP contribution in [0.2, 0.25) is 0 Å². The Bertz CT molecular complexity index is 1010. The first-order chi connectivity index (χ1) is 13.2. The van der Waals surface area contributed by atoms with E-state index >= 15 is 0 Å². The molecule has 0 aliphatic heterocycles. The van der Waals surface area contributed by atoms with Crippen molar-refractivity contribution in [2.45, 2.75) is 17.9 Å². The minimum atomic E-state index is -4.31. The van der Waals surface area contributed by atoms with E-state index in [0.717, 1.165) is 23.4 Å². The number of nitrogens with one attached hydrogen (secondary N) is 2. The van der Waals surface area contributed by atoms with E-state index in [-0.39, 0.29) is 22.2 Å². The van der Waals surface area contributed by atoms with Crippen molar-refractivity contribution in [1.82, 2.24) is 5.32 Å². The molecule has 0 aromatic heterocycles. The largest absolute Gasteiger partial charge is 0.497 e. The van der Waals surface area contributed by atoms with Crippen molar-refractivity contribution in [3.05, 3.63) is 65.9 Å². The molecule has 9 heteroatoms. The maximum absolute atomic E-state index is 12.2. The number of amides is 1. The topological polar surface area (TPSA) is 129 Å². The summed E-state index contributed by atoms with van der Waals surface area (Å²) in [5, 5.41) is 14.7.